The van der Waals surface area contributed by atoms with Crippen LogP contribution in [0.15, 0.2) is 59.7 Å². The molecule has 0 spiro atoms. The monoisotopic (exact) mass is 642 g/mol. The van der Waals surface area contributed by atoms with E-state index in [9.17, 15) is 5.53 Å². The maximum Gasteiger partial charge on any atom is 0.211 e. The molecule has 3 rings (SSSR count). The van der Waals surface area contributed by atoms with E-state index in [4.69, 9.17) is 0 Å². The molecule has 0 atom stereocenters. The second kappa shape index (κ2) is 23.4. The molecular weight excluding hydrogens is 579 g/mol. The van der Waals surface area contributed by atoms with Crippen LogP contribution in [0.4, 0.5) is 0 Å². The van der Waals surface area contributed by atoms with E-state index in [0.29, 0.717) is 0 Å². The maximum absolute atomic E-state index is 11.5. The number of nitrogens with zero attached hydrogens (tertiary/aromatic N) is 2. The molecule has 0 unspecified atom stereocenters. The van der Waals surface area contributed by atoms with Crippen LogP contribution < -0.4 is 0 Å². The maximum atomic E-state index is 11.5. The average Bonchev–Trinajstić information content (AvgIpc) is 3.34. The van der Waals surface area contributed by atoms with Gasteiger partial charge in [0.15, 0.2) is 0 Å². The summed E-state index contributed by atoms with van der Waals surface area (Å²) in [5.41, 5.74) is 20.9. The van der Waals surface area contributed by atoms with Crippen LogP contribution in [0.3, 0.4) is 0 Å². The molecule has 0 N–H and O–H groups in total. The molecular formula is C41H64N2Ni. The summed E-state index contributed by atoms with van der Waals surface area (Å²) in [5.74, 6) is 0. The van der Waals surface area contributed by atoms with Crippen molar-refractivity contribution < 1.29 is 19.1 Å². The first-order valence-corrected chi connectivity index (χ1v) is 19.5. The fourth-order valence-electron chi connectivity index (χ4n) is 5.85. The van der Waals surface area contributed by atoms with Crippen LogP contribution in [-0.4, -0.2) is 4.70 Å². The summed E-state index contributed by atoms with van der Waals surface area (Å²) in [7, 11) is 0. The van der Waals surface area contributed by atoms with Crippen LogP contribution in [0.2, 0.25) is 10.8 Å². The Kier molecular flexibility index (Phi) is 20.3. The predicted octanol–water partition coefficient (Wildman–Crippen LogP) is 13.8. The Morgan fingerprint density at radius 1 is 0.523 bits per heavy atom. The minimum Gasteiger partial charge on any atom is -0.493 e. The van der Waals surface area contributed by atoms with Crippen molar-refractivity contribution in [2.75, 3.05) is 0 Å². The van der Waals surface area contributed by atoms with E-state index in [1.54, 1.807) is 0 Å². The van der Waals surface area contributed by atoms with Gasteiger partial charge in [-0.15, -0.1) is 0 Å². The Labute approximate surface area is 278 Å². The molecule has 3 heteroatoms. The van der Waals surface area contributed by atoms with Gasteiger partial charge in [-0.2, -0.15) is 0 Å². The summed E-state index contributed by atoms with van der Waals surface area (Å²) in [6.07, 6.45) is 21.5. The Balaban J connectivity index is 0.000000439. The summed E-state index contributed by atoms with van der Waals surface area (Å²) >= 11 is 1.99. The van der Waals surface area contributed by atoms with E-state index < -0.39 is 0 Å². The zero-order valence-electron chi connectivity index (χ0n) is 29.3. The average molecular weight is 644 g/mol. The first-order valence-electron chi connectivity index (χ1n) is 18.1. The van der Waals surface area contributed by atoms with E-state index in [-0.39, 0.29) is 0 Å². The third-order valence-corrected chi connectivity index (χ3v) is 9.95. The van der Waals surface area contributed by atoms with Gasteiger partial charge in [0.25, 0.3) is 0 Å². The Bertz CT molecular complexity index is 1130. The van der Waals surface area contributed by atoms with Crippen LogP contribution >= 0.6 is 0 Å². The van der Waals surface area contributed by atoms with Gasteiger partial charge in [-0.1, -0.05) is 71.2 Å². The molecule has 1 aliphatic rings. The zero-order chi connectivity index (χ0) is 32.0. The minimum atomic E-state index is 0.917. The normalized spacial score (nSPS) is 13.2. The number of rotatable bonds is 21. The van der Waals surface area contributed by atoms with Crippen molar-refractivity contribution >= 4 is 11.4 Å². The molecule has 2 nitrogen and oxygen atoms in total. The smallest absolute Gasteiger partial charge is 0.211 e. The molecule has 2 aromatic rings. The molecule has 44 heavy (non-hydrogen) atoms. The molecule has 0 fully saturated rings. The molecule has 0 aliphatic carbocycles. The SMILES string of the molecule is CCCCC[CH2][Ni][CH2]CCCCC.CCCCCc1ccc(C2=C(CCCC)C(CC)=C(c3cccc(CC)c3)[N+]2=[N-])cc1. The first kappa shape index (κ1) is 38.2. The van der Waals surface area contributed by atoms with Crippen LogP contribution in [0.25, 0.3) is 16.9 Å². The molecule has 1 heterocycles. The molecule has 2 aromatic carbocycles. The topological polar surface area (TPSA) is 25.3 Å². The van der Waals surface area contributed by atoms with Gasteiger partial charge in [0.2, 0.25) is 11.4 Å². The van der Waals surface area contributed by atoms with Crippen LogP contribution in [0.1, 0.15) is 160 Å². The number of hydrogen-bond donors (Lipinski definition) is 0. The zero-order valence-corrected chi connectivity index (χ0v) is 30.3. The number of aryl methyl sites for hydroxylation is 2. The number of unbranched alkanes of at least 4 members (excludes halogenated alkanes) is 9. The largest absolute Gasteiger partial charge is 0.493 e. The Morgan fingerprint density at radius 3 is 1.68 bits per heavy atom. The molecule has 1 aliphatic heterocycles. The number of benzene rings is 2. The fraction of sp³-hybridized carbons (Fsp3) is 0.610. The molecule has 0 aromatic heterocycles. The van der Waals surface area contributed by atoms with Crippen molar-refractivity contribution in [2.45, 2.75) is 161 Å². The van der Waals surface area contributed by atoms with Crippen molar-refractivity contribution in [3.63, 3.8) is 0 Å². The van der Waals surface area contributed by atoms with Crippen molar-refractivity contribution in [1.82, 2.24) is 0 Å². The molecule has 248 valence electrons. The van der Waals surface area contributed by atoms with E-state index in [2.05, 4.69) is 90.1 Å². The predicted molar refractivity (Wildman–Crippen MR) is 191 cm³/mol. The van der Waals surface area contributed by atoms with Gasteiger partial charge in [-0.05, 0) is 73.9 Å². The summed E-state index contributed by atoms with van der Waals surface area (Å²) in [6, 6.07) is 17.5. The van der Waals surface area contributed by atoms with E-state index in [1.165, 1.54) is 108 Å². The van der Waals surface area contributed by atoms with E-state index in [0.717, 1.165) is 61.0 Å². The van der Waals surface area contributed by atoms with Crippen LogP contribution in [0.5, 0.6) is 0 Å². The second-order valence-electron chi connectivity index (χ2n) is 12.2. The van der Waals surface area contributed by atoms with Gasteiger partial charge in [-0.3, -0.25) is 0 Å². The van der Waals surface area contributed by atoms with Gasteiger partial charge in [-0.25, -0.2) is 4.70 Å². The summed E-state index contributed by atoms with van der Waals surface area (Å²) < 4.78 is 1.48. The van der Waals surface area contributed by atoms with Crippen molar-refractivity contribution in [3.05, 3.63) is 87.5 Å². The van der Waals surface area contributed by atoms with Gasteiger partial charge in [0.05, 0.1) is 0 Å². The third-order valence-electron chi connectivity index (χ3n) is 8.55. The van der Waals surface area contributed by atoms with Gasteiger partial charge in [0.1, 0.15) is 0 Å². The summed E-state index contributed by atoms with van der Waals surface area (Å²) in [5, 5.41) is 2.83. The van der Waals surface area contributed by atoms with Crippen LogP contribution in [0, 0.1) is 0 Å². The summed E-state index contributed by atoms with van der Waals surface area (Å²) in [6.45, 7) is 13.4. The van der Waals surface area contributed by atoms with Gasteiger partial charge >= 0.3 is 90.4 Å². The molecule has 0 saturated carbocycles. The van der Waals surface area contributed by atoms with Crippen molar-refractivity contribution in [2.24, 2.45) is 0 Å². The number of hydrogen-bond acceptors (Lipinski definition) is 0. The minimum absolute atomic E-state index is 0.917. The fourth-order valence-corrected chi connectivity index (χ4v) is 7.08. The summed E-state index contributed by atoms with van der Waals surface area (Å²) in [4.78, 5) is 0. The van der Waals surface area contributed by atoms with Gasteiger partial charge in [0, 0.05) is 22.3 Å². The van der Waals surface area contributed by atoms with Gasteiger partial charge < -0.3 is 5.53 Å². The third kappa shape index (κ3) is 12.8. The Morgan fingerprint density at radius 2 is 1.11 bits per heavy atom. The molecule has 0 amide bonds. The first-order chi connectivity index (χ1) is 21.6. The molecule has 0 saturated heterocycles. The quantitative estimate of drug-likeness (QED) is 0.0735. The van der Waals surface area contributed by atoms with Crippen molar-refractivity contribution in [3.8, 4) is 0 Å². The number of allylic oxidation sites excluding steroid dienone is 2. The van der Waals surface area contributed by atoms with E-state index >= 15 is 0 Å². The Hall–Kier alpha value is -1.99. The van der Waals surface area contributed by atoms with Crippen LogP contribution in [-0.2, 0) is 27.3 Å². The molecule has 0 radical (unpaired) electrons. The van der Waals surface area contributed by atoms with Crippen molar-refractivity contribution in [1.29, 1.82) is 0 Å². The molecule has 0 bridgehead atoms. The second-order valence-corrected chi connectivity index (χ2v) is 13.7. The standard InChI is InChI=1S/C29H38N2.2C6H13.Ni/c1-5-9-11-13-23-17-19-24(20-18-23)28-27(16-10-6-2)26(8-4)29(31(28)30)25-15-12-14-22(7-3)21-25;2*1-3-5-6-4-2;/h12,14-15,17-21H,5-11,13,16H2,1-4H3;2*1,3-6H2,2H3;. The van der Waals surface area contributed by atoms with E-state index in [1.807, 2.05) is 14.4 Å².